The van der Waals surface area contributed by atoms with Crippen molar-refractivity contribution in [1.29, 1.82) is 0 Å². The number of aliphatic carboxylic acids is 1. The van der Waals surface area contributed by atoms with E-state index in [1.807, 2.05) is 54.6 Å². The molecule has 0 saturated carbocycles. The van der Waals surface area contributed by atoms with Gasteiger partial charge in [0.25, 0.3) is 5.91 Å². The van der Waals surface area contributed by atoms with Crippen LogP contribution in [0.25, 0.3) is 0 Å². The van der Waals surface area contributed by atoms with E-state index in [0.717, 1.165) is 12.0 Å². The number of para-hydroxylation sites is 1. The Kier molecular flexibility index (Phi) is 6.83. The Bertz CT molecular complexity index is 670. The lowest BCUT2D eigenvalue weighted by Gasteiger charge is -2.11. The van der Waals surface area contributed by atoms with E-state index in [-0.39, 0.29) is 18.9 Å². The SMILES string of the molecule is O=C(O)CCCNC(=O)COc1ccccc1Cc1ccccc1. The number of carbonyl (C=O) groups is 2. The summed E-state index contributed by atoms with van der Waals surface area (Å²) in [6, 6.07) is 17.7. The molecule has 0 saturated heterocycles. The van der Waals surface area contributed by atoms with Gasteiger partial charge in [-0.15, -0.1) is 0 Å². The van der Waals surface area contributed by atoms with Gasteiger partial charge in [0.15, 0.2) is 6.61 Å². The molecule has 1 amide bonds. The molecule has 2 aromatic rings. The van der Waals surface area contributed by atoms with Crippen molar-refractivity contribution in [1.82, 2.24) is 5.32 Å². The summed E-state index contributed by atoms with van der Waals surface area (Å²) in [5, 5.41) is 11.2. The largest absolute Gasteiger partial charge is 0.483 e. The van der Waals surface area contributed by atoms with E-state index >= 15 is 0 Å². The zero-order chi connectivity index (χ0) is 17.2. The van der Waals surface area contributed by atoms with Crippen LogP contribution in [-0.2, 0) is 16.0 Å². The maximum Gasteiger partial charge on any atom is 0.303 e. The number of rotatable bonds is 9. The fourth-order valence-corrected chi connectivity index (χ4v) is 2.27. The molecule has 0 aliphatic heterocycles. The lowest BCUT2D eigenvalue weighted by atomic mass is 10.0. The molecule has 24 heavy (non-hydrogen) atoms. The van der Waals surface area contributed by atoms with Gasteiger partial charge in [0.2, 0.25) is 0 Å². The normalized spacial score (nSPS) is 10.2. The minimum absolute atomic E-state index is 0.0427. The summed E-state index contributed by atoms with van der Waals surface area (Å²) in [4.78, 5) is 22.2. The average molecular weight is 327 g/mol. The monoisotopic (exact) mass is 327 g/mol. The Labute approximate surface area is 141 Å². The number of amides is 1. The first-order chi connectivity index (χ1) is 11.6. The highest BCUT2D eigenvalue weighted by Gasteiger charge is 2.07. The Morgan fingerprint density at radius 3 is 2.46 bits per heavy atom. The van der Waals surface area contributed by atoms with E-state index in [1.165, 1.54) is 5.56 Å². The van der Waals surface area contributed by atoms with Crippen LogP contribution in [0.4, 0.5) is 0 Å². The molecule has 0 radical (unpaired) electrons. The molecular weight excluding hydrogens is 306 g/mol. The fourth-order valence-electron chi connectivity index (χ4n) is 2.27. The molecule has 0 aliphatic carbocycles. The van der Waals surface area contributed by atoms with Gasteiger partial charge in [-0.25, -0.2) is 0 Å². The van der Waals surface area contributed by atoms with E-state index in [2.05, 4.69) is 5.32 Å². The molecule has 5 heteroatoms. The van der Waals surface area contributed by atoms with Gasteiger partial charge in [-0.05, 0) is 23.6 Å². The molecule has 0 spiro atoms. The van der Waals surface area contributed by atoms with Crippen LogP contribution < -0.4 is 10.1 Å². The van der Waals surface area contributed by atoms with Gasteiger partial charge >= 0.3 is 5.97 Å². The summed E-state index contributed by atoms with van der Waals surface area (Å²) < 4.78 is 5.62. The minimum Gasteiger partial charge on any atom is -0.483 e. The molecule has 0 aliphatic rings. The zero-order valence-electron chi connectivity index (χ0n) is 13.4. The summed E-state index contributed by atoms with van der Waals surface area (Å²) in [5.41, 5.74) is 2.19. The summed E-state index contributed by atoms with van der Waals surface area (Å²) >= 11 is 0. The third kappa shape index (κ3) is 6.12. The molecule has 0 heterocycles. The van der Waals surface area contributed by atoms with Gasteiger partial charge < -0.3 is 15.2 Å². The first-order valence-electron chi connectivity index (χ1n) is 7.88. The number of hydrogen-bond acceptors (Lipinski definition) is 3. The van der Waals surface area contributed by atoms with Crippen LogP contribution in [0.15, 0.2) is 54.6 Å². The highest BCUT2D eigenvalue weighted by Crippen LogP contribution is 2.21. The fraction of sp³-hybridized carbons (Fsp3) is 0.263. The van der Waals surface area contributed by atoms with Crippen LogP contribution in [0.5, 0.6) is 5.75 Å². The predicted molar refractivity (Wildman–Crippen MR) is 91.1 cm³/mol. The topological polar surface area (TPSA) is 75.6 Å². The predicted octanol–water partition coefficient (Wildman–Crippen LogP) is 2.64. The van der Waals surface area contributed by atoms with Gasteiger partial charge in [-0.2, -0.15) is 0 Å². The van der Waals surface area contributed by atoms with Crippen molar-refractivity contribution in [3.05, 3.63) is 65.7 Å². The van der Waals surface area contributed by atoms with Crippen molar-refractivity contribution >= 4 is 11.9 Å². The van der Waals surface area contributed by atoms with Crippen molar-refractivity contribution in [2.45, 2.75) is 19.3 Å². The lowest BCUT2D eigenvalue weighted by Crippen LogP contribution is -2.30. The number of ether oxygens (including phenoxy) is 1. The van der Waals surface area contributed by atoms with Crippen LogP contribution >= 0.6 is 0 Å². The Morgan fingerprint density at radius 1 is 1.00 bits per heavy atom. The van der Waals surface area contributed by atoms with E-state index in [1.54, 1.807) is 0 Å². The summed E-state index contributed by atoms with van der Waals surface area (Å²) in [6.07, 6.45) is 1.18. The molecule has 126 valence electrons. The Hall–Kier alpha value is -2.82. The average Bonchev–Trinajstić information content (AvgIpc) is 2.59. The quantitative estimate of drug-likeness (QED) is 0.694. The van der Waals surface area contributed by atoms with Gasteiger partial charge in [0, 0.05) is 19.4 Å². The van der Waals surface area contributed by atoms with Crippen molar-refractivity contribution in [3.8, 4) is 5.75 Å². The second kappa shape index (κ2) is 9.35. The minimum atomic E-state index is -0.865. The summed E-state index contributed by atoms with van der Waals surface area (Å²) in [6.45, 7) is 0.249. The maximum atomic E-state index is 11.7. The number of carboxylic acids is 1. The van der Waals surface area contributed by atoms with E-state index in [0.29, 0.717) is 18.7 Å². The van der Waals surface area contributed by atoms with Gasteiger partial charge in [0.05, 0.1) is 0 Å². The molecule has 0 aromatic heterocycles. The third-order valence-corrected chi connectivity index (χ3v) is 3.46. The van der Waals surface area contributed by atoms with E-state index in [4.69, 9.17) is 9.84 Å². The number of hydrogen-bond donors (Lipinski definition) is 2. The molecule has 5 nitrogen and oxygen atoms in total. The molecular formula is C19H21NO4. The zero-order valence-corrected chi connectivity index (χ0v) is 13.4. The number of carbonyl (C=O) groups excluding carboxylic acids is 1. The van der Waals surface area contributed by atoms with Gasteiger partial charge in [-0.3, -0.25) is 9.59 Å². The lowest BCUT2D eigenvalue weighted by molar-refractivity contribution is -0.137. The van der Waals surface area contributed by atoms with Crippen LogP contribution in [0.2, 0.25) is 0 Å². The maximum absolute atomic E-state index is 11.7. The van der Waals surface area contributed by atoms with Crippen molar-refractivity contribution in [2.75, 3.05) is 13.2 Å². The molecule has 0 atom stereocenters. The summed E-state index contributed by atoms with van der Waals surface area (Å²) in [5.74, 6) is -0.438. The van der Waals surface area contributed by atoms with Crippen LogP contribution in [0.3, 0.4) is 0 Å². The van der Waals surface area contributed by atoms with Crippen LogP contribution in [0.1, 0.15) is 24.0 Å². The van der Waals surface area contributed by atoms with Gasteiger partial charge in [-0.1, -0.05) is 48.5 Å². The standard InChI is InChI=1S/C19H21NO4/c21-18(20-12-6-11-19(22)23)14-24-17-10-5-4-9-16(17)13-15-7-2-1-3-8-15/h1-5,7-10H,6,11-14H2,(H,20,21)(H,22,23). The molecule has 0 unspecified atom stereocenters. The molecule has 0 bridgehead atoms. The number of benzene rings is 2. The Balaban J connectivity index is 1.84. The van der Waals surface area contributed by atoms with Crippen LogP contribution in [-0.4, -0.2) is 30.1 Å². The highest BCUT2D eigenvalue weighted by atomic mass is 16.5. The number of nitrogens with one attached hydrogen (secondary N) is 1. The van der Waals surface area contributed by atoms with Crippen molar-refractivity contribution in [3.63, 3.8) is 0 Å². The first-order valence-corrected chi connectivity index (χ1v) is 7.88. The second-order valence-electron chi connectivity index (χ2n) is 5.41. The Morgan fingerprint density at radius 2 is 1.71 bits per heavy atom. The van der Waals surface area contributed by atoms with Crippen molar-refractivity contribution in [2.24, 2.45) is 0 Å². The molecule has 2 rings (SSSR count). The van der Waals surface area contributed by atoms with Crippen LogP contribution in [0, 0.1) is 0 Å². The molecule has 2 N–H and O–H groups in total. The van der Waals surface area contributed by atoms with Crippen molar-refractivity contribution < 1.29 is 19.4 Å². The molecule has 2 aromatic carbocycles. The first kappa shape index (κ1) is 17.5. The number of carboxylic acid groups (broad SMARTS) is 1. The second-order valence-corrected chi connectivity index (χ2v) is 5.41. The summed E-state index contributed by atoms with van der Waals surface area (Å²) in [7, 11) is 0. The van der Waals surface area contributed by atoms with E-state index < -0.39 is 5.97 Å². The van der Waals surface area contributed by atoms with E-state index in [9.17, 15) is 9.59 Å². The molecule has 0 fully saturated rings. The van der Waals surface area contributed by atoms with Gasteiger partial charge in [0.1, 0.15) is 5.75 Å². The highest BCUT2D eigenvalue weighted by molar-refractivity contribution is 5.77. The third-order valence-electron chi connectivity index (χ3n) is 3.46. The smallest absolute Gasteiger partial charge is 0.303 e.